The molecule has 0 aliphatic carbocycles. The van der Waals surface area contributed by atoms with E-state index in [1.807, 2.05) is 33.0 Å². The van der Waals surface area contributed by atoms with Gasteiger partial charge in [-0.1, -0.05) is 12.2 Å². The second-order valence-corrected chi connectivity index (χ2v) is 4.57. The van der Waals surface area contributed by atoms with E-state index in [9.17, 15) is 5.11 Å². The highest BCUT2D eigenvalue weighted by Gasteiger charge is 2.08. The average Bonchev–Trinajstić information content (AvgIpc) is 2.33. The molecule has 0 aliphatic rings. The topological polar surface area (TPSA) is 54.4 Å². The van der Waals surface area contributed by atoms with Crippen molar-refractivity contribution in [1.29, 1.82) is 0 Å². The van der Waals surface area contributed by atoms with Crippen LogP contribution in [0, 0.1) is 0 Å². The molecule has 1 aromatic rings. The molecule has 1 heterocycles. The number of rotatable bonds is 6. The van der Waals surface area contributed by atoms with Gasteiger partial charge in [0.2, 0.25) is 0 Å². The second kappa shape index (κ2) is 7.01. The summed E-state index contributed by atoms with van der Waals surface area (Å²) in [5, 5.41) is 13.2. The fourth-order valence-corrected chi connectivity index (χ4v) is 1.43. The van der Waals surface area contributed by atoms with Gasteiger partial charge in [0.15, 0.2) is 11.5 Å². The lowest BCUT2D eigenvalue weighted by atomic mass is 10.1. The number of aromatic nitrogens is 1. The summed E-state index contributed by atoms with van der Waals surface area (Å²) < 4.78 is 5.48. The Morgan fingerprint density at radius 3 is 2.72 bits per heavy atom. The summed E-state index contributed by atoms with van der Waals surface area (Å²) in [6, 6.07) is 0.409. The minimum absolute atomic E-state index is 0.0150. The van der Waals surface area contributed by atoms with Gasteiger partial charge in [-0.05, 0) is 34.2 Å². The smallest absolute Gasteiger partial charge is 0.180 e. The number of hydrogen-bond acceptors (Lipinski definition) is 4. The van der Waals surface area contributed by atoms with Crippen molar-refractivity contribution in [3.05, 3.63) is 24.0 Å². The van der Waals surface area contributed by atoms with Crippen LogP contribution in [0.15, 0.2) is 18.5 Å². The maximum Gasteiger partial charge on any atom is 0.180 e. The zero-order chi connectivity index (χ0) is 13.5. The molecular weight excluding hydrogens is 228 g/mol. The molecule has 1 aromatic heterocycles. The SMILES string of the molecule is CNC(C)C/C=C/c1cncc(OC(C)C)c1O. The first-order valence-corrected chi connectivity index (χ1v) is 6.22. The molecule has 0 radical (unpaired) electrons. The van der Waals surface area contributed by atoms with Crippen molar-refractivity contribution in [2.24, 2.45) is 0 Å². The first-order valence-electron chi connectivity index (χ1n) is 6.22. The van der Waals surface area contributed by atoms with Crippen LogP contribution in [0.5, 0.6) is 11.5 Å². The molecular formula is C14H22N2O2. The van der Waals surface area contributed by atoms with Crippen molar-refractivity contribution in [3.8, 4) is 11.5 Å². The van der Waals surface area contributed by atoms with Gasteiger partial charge in [-0.2, -0.15) is 0 Å². The Balaban J connectivity index is 2.77. The van der Waals surface area contributed by atoms with E-state index in [2.05, 4.69) is 17.2 Å². The van der Waals surface area contributed by atoms with Crippen LogP contribution in [-0.4, -0.2) is 29.3 Å². The first kappa shape index (κ1) is 14.5. The highest BCUT2D eigenvalue weighted by molar-refractivity contribution is 5.60. The van der Waals surface area contributed by atoms with E-state index >= 15 is 0 Å². The van der Waals surface area contributed by atoms with Crippen molar-refractivity contribution >= 4 is 6.08 Å². The molecule has 0 aliphatic heterocycles. The zero-order valence-corrected chi connectivity index (χ0v) is 11.5. The quantitative estimate of drug-likeness (QED) is 0.814. The minimum atomic E-state index is 0.0150. The molecule has 18 heavy (non-hydrogen) atoms. The number of hydrogen-bond donors (Lipinski definition) is 2. The molecule has 2 N–H and O–H groups in total. The number of ether oxygens (including phenoxy) is 1. The Labute approximate surface area is 109 Å². The summed E-state index contributed by atoms with van der Waals surface area (Å²) in [7, 11) is 1.93. The normalized spacial score (nSPS) is 13.2. The van der Waals surface area contributed by atoms with Crippen LogP contribution in [0.4, 0.5) is 0 Å². The number of nitrogens with one attached hydrogen (secondary N) is 1. The highest BCUT2D eigenvalue weighted by atomic mass is 16.5. The molecule has 0 bridgehead atoms. The van der Waals surface area contributed by atoms with Gasteiger partial charge >= 0.3 is 0 Å². The molecule has 0 amide bonds. The minimum Gasteiger partial charge on any atom is -0.504 e. The number of nitrogens with zero attached hydrogens (tertiary/aromatic N) is 1. The predicted molar refractivity (Wildman–Crippen MR) is 73.8 cm³/mol. The Kier molecular flexibility index (Phi) is 5.65. The van der Waals surface area contributed by atoms with Crippen molar-refractivity contribution in [1.82, 2.24) is 10.3 Å². The standard InChI is InChI=1S/C14H22N2O2/c1-10(2)18-13-9-16-8-12(14(13)17)7-5-6-11(3)15-4/h5,7-11,15H,6H2,1-4H3,(H,16,17)/b7-5+. The van der Waals surface area contributed by atoms with Gasteiger partial charge in [0.25, 0.3) is 0 Å². The predicted octanol–water partition coefficient (Wildman–Crippen LogP) is 2.59. The van der Waals surface area contributed by atoms with E-state index in [-0.39, 0.29) is 11.9 Å². The molecule has 1 rings (SSSR count). The largest absolute Gasteiger partial charge is 0.504 e. The van der Waals surface area contributed by atoms with E-state index in [0.717, 1.165) is 6.42 Å². The third-order valence-corrected chi connectivity index (χ3v) is 2.55. The zero-order valence-electron chi connectivity index (χ0n) is 11.5. The van der Waals surface area contributed by atoms with Crippen molar-refractivity contribution in [3.63, 3.8) is 0 Å². The second-order valence-electron chi connectivity index (χ2n) is 4.57. The molecule has 0 fully saturated rings. The van der Waals surface area contributed by atoms with Crippen LogP contribution in [0.2, 0.25) is 0 Å². The summed E-state index contributed by atoms with van der Waals surface area (Å²) in [4.78, 5) is 4.06. The number of pyridine rings is 1. The maximum absolute atomic E-state index is 10.0. The first-order chi connectivity index (χ1) is 8.54. The van der Waals surface area contributed by atoms with Gasteiger partial charge in [0, 0.05) is 17.8 Å². The number of aromatic hydroxyl groups is 1. The molecule has 1 unspecified atom stereocenters. The van der Waals surface area contributed by atoms with Crippen molar-refractivity contribution < 1.29 is 9.84 Å². The highest BCUT2D eigenvalue weighted by Crippen LogP contribution is 2.30. The molecule has 1 atom stereocenters. The van der Waals surface area contributed by atoms with E-state index in [1.165, 1.54) is 6.20 Å². The monoisotopic (exact) mass is 250 g/mol. The van der Waals surface area contributed by atoms with E-state index in [1.54, 1.807) is 6.20 Å². The molecule has 0 spiro atoms. The van der Waals surface area contributed by atoms with Crippen LogP contribution in [0.3, 0.4) is 0 Å². The molecule has 0 saturated heterocycles. The molecule has 4 nitrogen and oxygen atoms in total. The van der Waals surface area contributed by atoms with Crippen LogP contribution in [-0.2, 0) is 0 Å². The van der Waals surface area contributed by atoms with Crippen LogP contribution in [0.25, 0.3) is 6.08 Å². The molecule has 0 saturated carbocycles. The van der Waals surface area contributed by atoms with Crippen LogP contribution >= 0.6 is 0 Å². The van der Waals surface area contributed by atoms with Gasteiger partial charge < -0.3 is 15.2 Å². The molecule has 0 aromatic carbocycles. The fourth-order valence-electron chi connectivity index (χ4n) is 1.43. The van der Waals surface area contributed by atoms with Gasteiger partial charge in [0.1, 0.15) is 0 Å². The lowest BCUT2D eigenvalue weighted by Crippen LogP contribution is -2.19. The Hall–Kier alpha value is -1.55. The lowest BCUT2D eigenvalue weighted by molar-refractivity contribution is 0.230. The van der Waals surface area contributed by atoms with Gasteiger partial charge in [0.05, 0.1) is 12.3 Å². The van der Waals surface area contributed by atoms with E-state index in [4.69, 9.17) is 4.74 Å². The third-order valence-electron chi connectivity index (χ3n) is 2.55. The van der Waals surface area contributed by atoms with E-state index < -0.39 is 0 Å². The van der Waals surface area contributed by atoms with Crippen LogP contribution in [0.1, 0.15) is 32.8 Å². The molecule has 4 heteroatoms. The van der Waals surface area contributed by atoms with Crippen molar-refractivity contribution in [2.45, 2.75) is 39.3 Å². The van der Waals surface area contributed by atoms with E-state index in [0.29, 0.717) is 17.4 Å². The Morgan fingerprint density at radius 1 is 1.39 bits per heavy atom. The fraction of sp³-hybridized carbons (Fsp3) is 0.500. The summed E-state index contributed by atoms with van der Waals surface area (Å²) in [5.74, 6) is 0.570. The van der Waals surface area contributed by atoms with Gasteiger partial charge in [-0.3, -0.25) is 4.98 Å². The van der Waals surface area contributed by atoms with Crippen LogP contribution < -0.4 is 10.1 Å². The van der Waals surface area contributed by atoms with Gasteiger partial charge in [-0.15, -0.1) is 0 Å². The molecule has 100 valence electrons. The Bertz CT molecular complexity index is 403. The maximum atomic E-state index is 10.0. The Morgan fingerprint density at radius 2 is 2.11 bits per heavy atom. The summed E-state index contributed by atoms with van der Waals surface area (Å²) in [6.45, 7) is 5.92. The van der Waals surface area contributed by atoms with Crippen molar-refractivity contribution in [2.75, 3.05) is 7.05 Å². The summed E-state index contributed by atoms with van der Waals surface area (Å²) in [6.07, 6.45) is 7.94. The summed E-state index contributed by atoms with van der Waals surface area (Å²) in [5.41, 5.74) is 0.677. The summed E-state index contributed by atoms with van der Waals surface area (Å²) >= 11 is 0. The lowest BCUT2D eigenvalue weighted by Gasteiger charge is -2.11. The average molecular weight is 250 g/mol. The third kappa shape index (κ3) is 4.37. The van der Waals surface area contributed by atoms with Gasteiger partial charge in [-0.25, -0.2) is 0 Å².